The highest BCUT2D eigenvalue weighted by atomic mass is 16.3. The number of nitrogens with one attached hydrogen (secondary N) is 1. The monoisotopic (exact) mass is 266 g/mol. The molecule has 0 spiro atoms. The number of aliphatic hydroxyl groups excluding tert-OH is 1. The molecule has 0 radical (unpaired) electrons. The van der Waals surface area contributed by atoms with Crippen LogP contribution in [0.4, 0.5) is 0 Å². The Morgan fingerprint density at radius 2 is 2.16 bits per heavy atom. The van der Waals surface area contributed by atoms with Gasteiger partial charge in [0.15, 0.2) is 0 Å². The molecule has 0 aromatic heterocycles. The van der Waals surface area contributed by atoms with Crippen LogP contribution >= 0.6 is 0 Å². The molecule has 4 nitrogen and oxygen atoms in total. The molecule has 0 aliphatic carbocycles. The van der Waals surface area contributed by atoms with Gasteiger partial charge in [0.25, 0.3) is 0 Å². The molecular weight excluding hydrogens is 240 g/mol. The van der Waals surface area contributed by atoms with Gasteiger partial charge in [-0.05, 0) is 50.5 Å². The average molecular weight is 266 g/mol. The molecule has 19 heavy (non-hydrogen) atoms. The minimum Gasteiger partial charge on any atom is -0.396 e. The Balaban J connectivity index is 1.67. The Morgan fingerprint density at radius 3 is 2.95 bits per heavy atom. The molecule has 3 rings (SSSR count). The van der Waals surface area contributed by atoms with Crippen molar-refractivity contribution >= 4 is 5.91 Å². The van der Waals surface area contributed by atoms with Gasteiger partial charge in [0.1, 0.15) is 0 Å². The Labute approximate surface area is 115 Å². The standard InChI is InChI=1S/C15H26N2O2/c18-10-12-8-11(13-4-3-6-15(19)16-13)9-17-7-2-1-5-14(12)17/h11-14,18H,1-10H2,(H,16,19)/t11-,12-,13+,14-/m1/s1. The van der Waals surface area contributed by atoms with E-state index in [1.54, 1.807) is 0 Å². The van der Waals surface area contributed by atoms with Gasteiger partial charge in [-0.3, -0.25) is 9.69 Å². The van der Waals surface area contributed by atoms with E-state index in [1.165, 1.54) is 25.8 Å². The number of hydrogen-bond donors (Lipinski definition) is 2. The number of nitrogens with zero attached hydrogens (tertiary/aromatic N) is 1. The summed E-state index contributed by atoms with van der Waals surface area (Å²) in [5.74, 6) is 1.17. The average Bonchev–Trinajstić information content (AvgIpc) is 2.46. The lowest BCUT2D eigenvalue weighted by molar-refractivity contribution is -0.124. The minimum absolute atomic E-state index is 0.220. The molecule has 3 aliphatic heterocycles. The first-order chi connectivity index (χ1) is 9.28. The molecule has 3 saturated heterocycles. The number of amides is 1. The Bertz CT molecular complexity index is 326. The van der Waals surface area contributed by atoms with E-state index in [9.17, 15) is 9.90 Å². The van der Waals surface area contributed by atoms with Gasteiger partial charge < -0.3 is 10.4 Å². The van der Waals surface area contributed by atoms with Crippen LogP contribution in [-0.4, -0.2) is 47.7 Å². The minimum atomic E-state index is 0.220. The van der Waals surface area contributed by atoms with Crippen LogP contribution in [0.1, 0.15) is 44.9 Å². The second kappa shape index (κ2) is 5.80. The summed E-state index contributed by atoms with van der Waals surface area (Å²) in [7, 11) is 0. The fourth-order valence-corrected chi connectivity index (χ4v) is 4.37. The number of hydrogen-bond acceptors (Lipinski definition) is 3. The summed E-state index contributed by atoms with van der Waals surface area (Å²) in [4.78, 5) is 14.2. The van der Waals surface area contributed by atoms with Crippen LogP contribution in [0.3, 0.4) is 0 Å². The predicted octanol–water partition coefficient (Wildman–Crippen LogP) is 1.14. The molecule has 4 heteroatoms. The van der Waals surface area contributed by atoms with E-state index in [-0.39, 0.29) is 5.91 Å². The third-order valence-electron chi connectivity index (χ3n) is 5.35. The summed E-state index contributed by atoms with van der Waals surface area (Å²) in [6.07, 6.45) is 7.77. The lowest BCUT2D eigenvalue weighted by atomic mass is 9.75. The van der Waals surface area contributed by atoms with Crippen molar-refractivity contribution < 1.29 is 9.90 Å². The van der Waals surface area contributed by atoms with E-state index in [2.05, 4.69) is 10.2 Å². The smallest absolute Gasteiger partial charge is 0.220 e. The van der Waals surface area contributed by atoms with E-state index in [0.717, 1.165) is 25.8 Å². The quantitative estimate of drug-likeness (QED) is 0.788. The number of carbonyl (C=O) groups is 1. The number of carbonyl (C=O) groups excluding carboxylic acids is 1. The van der Waals surface area contributed by atoms with E-state index in [0.29, 0.717) is 36.9 Å². The first-order valence-electron chi connectivity index (χ1n) is 7.92. The zero-order valence-electron chi connectivity index (χ0n) is 11.7. The number of fused-ring (bicyclic) bond motifs is 1. The van der Waals surface area contributed by atoms with Crippen LogP contribution in [0, 0.1) is 11.8 Å². The van der Waals surface area contributed by atoms with Gasteiger partial charge in [0.05, 0.1) is 0 Å². The molecule has 0 saturated carbocycles. The van der Waals surface area contributed by atoms with E-state index >= 15 is 0 Å². The molecule has 0 bridgehead atoms. The largest absolute Gasteiger partial charge is 0.396 e. The lowest BCUT2D eigenvalue weighted by Gasteiger charge is -2.49. The molecule has 3 heterocycles. The second-order valence-corrected chi connectivity index (χ2v) is 6.56. The van der Waals surface area contributed by atoms with E-state index < -0.39 is 0 Å². The fraction of sp³-hybridized carbons (Fsp3) is 0.933. The van der Waals surface area contributed by atoms with Crippen LogP contribution < -0.4 is 5.32 Å². The van der Waals surface area contributed by atoms with Crippen molar-refractivity contribution in [1.29, 1.82) is 0 Å². The predicted molar refractivity (Wildman–Crippen MR) is 73.7 cm³/mol. The summed E-state index contributed by atoms with van der Waals surface area (Å²) in [5, 5.41) is 12.9. The lowest BCUT2D eigenvalue weighted by Crippen LogP contribution is -2.57. The fourth-order valence-electron chi connectivity index (χ4n) is 4.37. The maximum absolute atomic E-state index is 11.6. The summed E-state index contributed by atoms with van der Waals surface area (Å²) < 4.78 is 0. The number of aliphatic hydroxyl groups is 1. The van der Waals surface area contributed by atoms with Crippen molar-refractivity contribution in [3.63, 3.8) is 0 Å². The van der Waals surface area contributed by atoms with Crippen molar-refractivity contribution in [3.05, 3.63) is 0 Å². The van der Waals surface area contributed by atoms with Crippen molar-refractivity contribution in [3.8, 4) is 0 Å². The zero-order chi connectivity index (χ0) is 13.2. The highest BCUT2D eigenvalue weighted by Crippen LogP contribution is 2.36. The summed E-state index contributed by atoms with van der Waals surface area (Å²) in [5.41, 5.74) is 0. The van der Waals surface area contributed by atoms with Crippen molar-refractivity contribution in [2.75, 3.05) is 19.7 Å². The molecule has 2 N–H and O–H groups in total. The molecular formula is C15H26N2O2. The Morgan fingerprint density at radius 1 is 1.26 bits per heavy atom. The number of rotatable bonds is 2. The van der Waals surface area contributed by atoms with Crippen LogP contribution in [0.2, 0.25) is 0 Å². The van der Waals surface area contributed by atoms with Crippen molar-refractivity contribution in [2.45, 2.75) is 57.0 Å². The molecule has 3 fully saturated rings. The maximum atomic E-state index is 11.6. The van der Waals surface area contributed by atoms with E-state index in [1.807, 2.05) is 0 Å². The van der Waals surface area contributed by atoms with Crippen molar-refractivity contribution in [2.24, 2.45) is 11.8 Å². The first-order valence-corrected chi connectivity index (χ1v) is 7.92. The third kappa shape index (κ3) is 2.79. The molecule has 0 aromatic carbocycles. The maximum Gasteiger partial charge on any atom is 0.220 e. The third-order valence-corrected chi connectivity index (χ3v) is 5.35. The summed E-state index contributed by atoms with van der Waals surface area (Å²) >= 11 is 0. The molecule has 0 aromatic rings. The molecule has 3 aliphatic rings. The SMILES string of the molecule is O=C1CCC[C@@H]([C@@H]2C[C@H](CO)[C@H]3CCCCN3C2)N1. The second-order valence-electron chi connectivity index (χ2n) is 6.56. The first kappa shape index (κ1) is 13.4. The Hall–Kier alpha value is -0.610. The summed E-state index contributed by atoms with van der Waals surface area (Å²) in [6.45, 7) is 2.60. The molecule has 0 unspecified atom stereocenters. The van der Waals surface area contributed by atoms with Gasteiger partial charge in [0, 0.05) is 31.7 Å². The molecule has 1 amide bonds. The molecule has 108 valence electrons. The summed E-state index contributed by atoms with van der Waals surface area (Å²) in [6, 6.07) is 0.937. The highest BCUT2D eigenvalue weighted by molar-refractivity contribution is 5.76. The normalized spacial score (nSPS) is 40.6. The van der Waals surface area contributed by atoms with Crippen LogP contribution in [0.15, 0.2) is 0 Å². The van der Waals surface area contributed by atoms with Gasteiger partial charge in [-0.25, -0.2) is 0 Å². The number of piperidine rings is 3. The van der Waals surface area contributed by atoms with Gasteiger partial charge in [-0.1, -0.05) is 6.42 Å². The van der Waals surface area contributed by atoms with Crippen LogP contribution in [0.5, 0.6) is 0 Å². The van der Waals surface area contributed by atoms with Crippen LogP contribution in [-0.2, 0) is 4.79 Å². The zero-order valence-corrected chi connectivity index (χ0v) is 11.7. The highest BCUT2D eigenvalue weighted by Gasteiger charge is 2.40. The van der Waals surface area contributed by atoms with Crippen molar-refractivity contribution in [1.82, 2.24) is 10.2 Å². The van der Waals surface area contributed by atoms with Crippen LogP contribution in [0.25, 0.3) is 0 Å². The van der Waals surface area contributed by atoms with E-state index in [4.69, 9.17) is 0 Å². The Kier molecular flexibility index (Phi) is 4.08. The molecule has 4 atom stereocenters. The van der Waals surface area contributed by atoms with Gasteiger partial charge in [-0.15, -0.1) is 0 Å². The van der Waals surface area contributed by atoms with Gasteiger partial charge >= 0.3 is 0 Å². The topological polar surface area (TPSA) is 52.6 Å². The van der Waals surface area contributed by atoms with Gasteiger partial charge in [-0.2, -0.15) is 0 Å². The van der Waals surface area contributed by atoms with Gasteiger partial charge in [0.2, 0.25) is 5.91 Å².